The predicted octanol–water partition coefficient (Wildman–Crippen LogP) is 4.10. The van der Waals surface area contributed by atoms with Gasteiger partial charge in [-0.25, -0.2) is 4.57 Å². The van der Waals surface area contributed by atoms with Gasteiger partial charge in [-0.3, -0.25) is 0 Å². The molecule has 0 aromatic carbocycles. The summed E-state index contributed by atoms with van der Waals surface area (Å²) >= 11 is 0. The number of pyridine rings is 1. The summed E-state index contributed by atoms with van der Waals surface area (Å²) in [5, 5.41) is 0. The van der Waals surface area contributed by atoms with E-state index in [1.165, 1.54) is 44.1 Å². The molecule has 0 fully saturated rings. The second-order valence-electron chi connectivity index (χ2n) is 4.82. The van der Waals surface area contributed by atoms with Gasteiger partial charge in [0.05, 0.1) is 0 Å². The van der Waals surface area contributed by atoms with Gasteiger partial charge in [0.25, 0.3) is 0 Å². The van der Waals surface area contributed by atoms with Crippen molar-refractivity contribution < 1.29 is 4.57 Å². The number of rotatable bonds is 9. The third-order valence-electron chi connectivity index (χ3n) is 3.20. The summed E-state index contributed by atoms with van der Waals surface area (Å²) in [5.74, 6) is 0. The van der Waals surface area contributed by atoms with Crippen LogP contribution in [0.2, 0.25) is 0 Å². The van der Waals surface area contributed by atoms with Crippen LogP contribution < -0.4 is 4.57 Å². The second-order valence-corrected chi connectivity index (χ2v) is 4.82. The SMILES string of the molecule is [CH2]CCc1cc[n+](CCCCCCCC)cc1. The molecule has 1 aromatic heterocycles. The number of aromatic nitrogens is 1. The first-order valence-electron chi connectivity index (χ1n) is 7.14. The van der Waals surface area contributed by atoms with Gasteiger partial charge in [-0.05, 0) is 24.8 Å². The van der Waals surface area contributed by atoms with Gasteiger partial charge in [0, 0.05) is 18.6 Å². The Morgan fingerprint density at radius 1 is 1.00 bits per heavy atom. The van der Waals surface area contributed by atoms with E-state index in [0.717, 1.165) is 19.4 Å². The van der Waals surface area contributed by atoms with Crippen LogP contribution in [0.15, 0.2) is 24.5 Å². The Morgan fingerprint density at radius 3 is 2.29 bits per heavy atom. The summed E-state index contributed by atoms with van der Waals surface area (Å²) in [6.45, 7) is 7.31. The summed E-state index contributed by atoms with van der Waals surface area (Å²) in [5.41, 5.74) is 1.40. The van der Waals surface area contributed by atoms with E-state index in [1.54, 1.807) is 0 Å². The van der Waals surface area contributed by atoms with E-state index in [2.05, 4.69) is 42.9 Å². The van der Waals surface area contributed by atoms with Gasteiger partial charge in [0.1, 0.15) is 6.54 Å². The highest BCUT2D eigenvalue weighted by Crippen LogP contribution is 2.05. The average Bonchev–Trinajstić information content (AvgIpc) is 2.36. The predicted molar refractivity (Wildman–Crippen MR) is 73.7 cm³/mol. The molecule has 0 bridgehead atoms. The maximum absolute atomic E-state index is 3.88. The van der Waals surface area contributed by atoms with Gasteiger partial charge in [-0.15, -0.1) is 0 Å². The van der Waals surface area contributed by atoms with Crippen molar-refractivity contribution >= 4 is 0 Å². The van der Waals surface area contributed by atoms with E-state index in [9.17, 15) is 0 Å². The largest absolute Gasteiger partial charge is 0.205 e. The van der Waals surface area contributed by atoms with E-state index in [0.29, 0.717) is 0 Å². The molecule has 0 aliphatic rings. The van der Waals surface area contributed by atoms with Gasteiger partial charge in [0.15, 0.2) is 12.4 Å². The standard InChI is InChI=1S/C16H27N/c1-3-5-6-7-8-9-13-17-14-11-16(10-4-2)12-15-17/h11-12,14-15H,2-10,13H2,1H3/q+1. The monoisotopic (exact) mass is 233 g/mol. The fourth-order valence-electron chi connectivity index (χ4n) is 2.08. The zero-order chi connectivity index (χ0) is 12.3. The fraction of sp³-hybridized carbons (Fsp3) is 0.625. The quantitative estimate of drug-likeness (QED) is 0.446. The number of hydrogen-bond acceptors (Lipinski definition) is 0. The number of hydrogen-bond donors (Lipinski definition) is 0. The minimum atomic E-state index is 0.988. The second kappa shape index (κ2) is 9.21. The topological polar surface area (TPSA) is 3.88 Å². The molecule has 0 saturated carbocycles. The molecule has 0 amide bonds. The fourth-order valence-corrected chi connectivity index (χ4v) is 2.08. The van der Waals surface area contributed by atoms with E-state index >= 15 is 0 Å². The van der Waals surface area contributed by atoms with Crippen molar-refractivity contribution in [2.75, 3.05) is 0 Å². The van der Waals surface area contributed by atoms with Crippen LogP contribution in [0.3, 0.4) is 0 Å². The third kappa shape index (κ3) is 6.45. The molecule has 0 saturated heterocycles. The maximum atomic E-state index is 3.88. The normalized spacial score (nSPS) is 10.7. The molecular formula is C16H27N+. The van der Waals surface area contributed by atoms with Crippen molar-refractivity contribution in [1.82, 2.24) is 0 Å². The molecule has 1 rings (SSSR count). The van der Waals surface area contributed by atoms with E-state index in [1.807, 2.05) is 0 Å². The molecule has 0 atom stereocenters. The smallest absolute Gasteiger partial charge is 0.169 e. The molecule has 0 aliphatic carbocycles. The Morgan fingerprint density at radius 2 is 1.65 bits per heavy atom. The summed E-state index contributed by atoms with van der Waals surface area (Å²) in [6.07, 6.45) is 14.7. The van der Waals surface area contributed by atoms with Gasteiger partial charge in [0.2, 0.25) is 0 Å². The maximum Gasteiger partial charge on any atom is 0.169 e. The first kappa shape index (κ1) is 14.2. The van der Waals surface area contributed by atoms with Crippen molar-refractivity contribution in [2.45, 2.75) is 64.8 Å². The van der Waals surface area contributed by atoms with Gasteiger partial charge >= 0.3 is 0 Å². The van der Waals surface area contributed by atoms with Crippen molar-refractivity contribution in [3.8, 4) is 0 Å². The van der Waals surface area contributed by atoms with E-state index < -0.39 is 0 Å². The highest BCUT2D eigenvalue weighted by atomic mass is 14.9. The number of nitrogens with zero attached hydrogens (tertiary/aromatic N) is 1. The summed E-state index contributed by atoms with van der Waals surface area (Å²) in [7, 11) is 0. The van der Waals surface area contributed by atoms with Gasteiger partial charge in [-0.2, -0.15) is 0 Å². The molecule has 17 heavy (non-hydrogen) atoms. The van der Waals surface area contributed by atoms with Crippen LogP contribution in [0.25, 0.3) is 0 Å². The van der Waals surface area contributed by atoms with Crippen LogP contribution in [0.4, 0.5) is 0 Å². The molecular weight excluding hydrogens is 206 g/mol. The van der Waals surface area contributed by atoms with Gasteiger partial charge in [-0.1, -0.05) is 39.5 Å². The lowest BCUT2D eigenvalue weighted by Crippen LogP contribution is -2.32. The summed E-state index contributed by atoms with van der Waals surface area (Å²) in [4.78, 5) is 0. The molecule has 0 N–H and O–H groups in total. The lowest BCUT2D eigenvalue weighted by atomic mass is 10.1. The number of unbranched alkanes of at least 4 members (excludes halogenated alkanes) is 5. The first-order valence-corrected chi connectivity index (χ1v) is 7.14. The van der Waals surface area contributed by atoms with E-state index in [4.69, 9.17) is 0 Å². The molecule has 1 radical (unpaired) electrons. The Labute approximate surface area is 107 Å². The van der Waals surface area contributed by atoms with Crippen molar-refractivity contribution in [2.24, 2.45) is 0 Å². The van der Waals surface area contributed by atoms with Crippen LogP contribution in [-0.4, -0.2) is 0 Å². The molecule has 0 unspecified atom stereocenters. The molecule has 1 aromatic rings. The molecule has 95 valence electrons. The minimum Gasteiger partial charge on any atom is -0.205 e. The highest BCUT2D eigenvalue weighted by molar-refractivity contribution is 5.07. The van der Waals surface area contributed by atoms with Crippen molar-refractivity contribution in [3.63, 3.8) is 0 Å². The van der Waals surface area contributed by atoms with Crippen LogP contribution >= 0.6 is 0 Å². The first-order chi connectivity index (χ1) is 8.36. The molecule has 0 aliphatic heterocycles. The average molecular weight is 233 g/mol. The Kier molecular flexibility index (Phi) is 7.70. The summed E-state index contributed by atoms with van der Waals surface area (Å²) in [6, 6.07) is 4.45. The van der Waals surface area contributed by atoms with Crippen LogP contribution in [0.1, 0.15) is 57.4 Å². The Bertz CT molecular complexity index is 276. The third-order valence-corrected chi connectivity index (χ3v) is 3.20. The zero-order valence-corrected chi connectivity index (χ0v) is 11.3. The lowest BCUT2D eigenvalue weighted by molar-refractivity contribution is -0.697. The van der Waals surface area contributed by atoms with Crippen LogP contribution in [0, 0.1) is 6.92 Å². The van der Waals surface area contributed by atoms with Crippen molar-refractivity contribution in [1.29, 1.82) is 0 Å². The van der Waals surface area contributed by atoms with Crippen LogP contribution in [-0.2, 0) is 13.0 Å². The number of aryl methyl sites for hydroxylation is 2. The lowest BCUT2D eigenvalue weighted by Gasteiger charge is -2.00. The zero-order valence-electron chi connectivity index (χ0n) is 11.3. The van der Waals surface area contributed by atoms with E-state index in [-0.39, 0.29) is 0 Å². The van der Waals surface area contributed by atoms with Gasteiger partial charge < -0.3 is 0 Å². The molecule has 1 nitrogen and oxygen atoms in total. The molecule has 1 heteroatoms. The van der Waals surface area contributed by atoms with Crippen molar-refractivity contribution in [3.05, 3.63) is 37.0 Å². The minimum absolute atomic E-state index is 0.988. The summed E-state index contributed by atoms with van der Waals surface area (Å²) < 4.78 is 2.30. The molecule has 1 heterocycles. The highest BCUT2D eigenvalue weighted by Gasteiger charge is 2.00. The van der Waals surface area contributed by atoms with Crippen LogP contribution in [0.5, 0.6) is 0 Å². The Balaban J connectivity index is 2.14. The molecule has 0 spiro atoms. The Hall–Kier alpha value is -0.850.